The number of nitrogens with zero attached hydrogens (tertiary/aromatic N) is 1. The topological polar surface area (TPSA) is 45.7 Å². The highest BCUT2D eigenvalue weighted by molar-refractivity contribution is 14.0. The zero-order valence-corrected chi connectivity index (χ0v) is 17.5. The smallest absolute Gasteiger partial charge is 0.191 e. The second-order valence-corrected chi connectivity index (χ2v) is 7.01. The van der Waals surface area contributed by atoms with E-state index in [0.717, 1.165) is 57.1 Å². The van der Waals surface area contributed by atoms with Gasteiger partial charge in [-0.25, -0.2) is 4.39 Å². The number of nitrogens with one attached hydrogen (secondary N) is 2. The summed E-state index contributed by atoms with van der Waals surface area (Å²) in [5.41, 5.74) is 0.984. The number of hydrogen-bond donors (Lipinski definition) is 2. The van der Waals surface area contributed by atoms with Crippen molar-refractivity contribution >= 4 is 41.7 Å². The van der Waals surface area contributed by atoms with Gasteiger partial charge in [-0.15, -0.1) is 24.0 Å². The fourth-order valence-electron chi connectivity index (χ4n) is 2.68. The van der Waals surface area contributed by atoms with Crippen LogP contribution in [0, 0.1) is 5.82 Å². The van der Waals surface area contributed by atoms with Gasteiger partial charge in [0.1, 0.15) is 5.82 Å². The lowest BCUT2D eigenvalue weighted by atomic mass is 9.99. The second kappa shape index (κ2) is 11.1. The Bertz CT molecular complexity index is 524. The summed E-state index contributed by atoms with van der Waals surface area (Å²) in [6.07, 6.45) is 5.04. The third-order valence-electron chi connectivity index (χ3n) is 4.23. The Hall–Kier alpha value is -0.540. The van der Waals surface area contributed by atoms with Gasteiger partial charge in [0.25, 0.3) is 0 Å². The summed E-state index contributed by atoms with van der Waals surface area (Å²) in [5.74, 6) is 0.604. The summed E-state index contributed by atoms with van der Waals surface area (Å²) in [6, 6.07) is 6.71. The summed E-state index contributed by atoms with van der Waals surface area (Å²) in [4.78, 5) is 4.27. The molecule has 1 fully saturated rings. The van der Waals surface area contributed by atoms with Gasteiger partial charge in [-0.2, -0.15) is 11.8 Å². The van der Waals surface area contributed by atoms with Crippen molar-refractivity contribution in [1.82, 2.24) is 10.6 Å². The van der Waals surface area contributed by atoms with Gasteiger partial charge in [0.2, 0.25) is 0 Å². The minimum Gasteiger partial charge on any atom is -0.381 e. The highest BCUT2D eigenvalue weighted by atomic mass is 127. The molecule has 2 rings (SSSR count). The largest absolute Gasteiger partial charge is 0.381 e. The van der Waals surface area contributed by atoms with Crippen LogP contribution in [-0.2, 0) is 11.2 Å². The van der Waals surface area contributed by atoms with Crippen LogP contribution < -0.4 is 10.6 Å². The molecular weight excluding hydrogens is 440 g/mol. The van der Waals surface area contributed by atoms with Gasteiger partial charge in [0.05, 0.1) is 0 Å². The second-order valence-electron chi connectivity index (χ2n) is 5.73. The maximum atomic E-state index is 13.2. The first-order valence-electron chi connectivity index (χ1n) is 7.99. The maximum absolute atomic E-state index is 13.2. The van der Waals surface area contributed by atoms with E-state index in [2.05, 4.69) is 21.9 Å². The number of rotatable bonds is 6. The van der Waals surface area contributed by atoms with Crippen LogP contribution in [0.5, 0.6) is 0 Å². The van der Waals surface area contributed by atoms with Gasteiger partial charge in [0, 0.05) is 38.1 Å². The van der Waals surface area contributed by atoms with Crippen molar-refractivity contribution in [3.8, 4) is 0 Å². The van der Waals surface area contributed by atoms with Crippen molar-refractivity contribution in [2.24, 2.45) is 4.99 Å². The van der Waals surface area contributed by atoms with Gasteiger partial charge in [-0.3, -0.25) is 4.99 Å². The molecule has 0 spiro atoms. The van der Waals surface area contributed by atoms with Gasteiger partial charge in [-0.1, -0.05) is 12.1 Å². The molecule has 1 heterocycles. The van der Waals surface area contributed by atoms with E-state index < -0.39 is 0 Å². The zero-order chi connectivity index (χ0) is 16.5. The molecule has 24 heavy (non-hydrogen) atoms. The van der Waals surface area contributed by atoms with Crippen molar-refractivity contribution in [3.05, 3.63) is 35.6 Å². The maximum Gasteiger partial charge on any atom is 0.191 e. The molecule has 1 aliphatic rings. The lowest BCUT2D eigenvalue weighted by Crippen LogP contribution is -2.48. The summed E-state index contributed by atoms with van der Waals surface area (Å²) >= 11 is 1.90. The molecule has 0 radical (unpaired) electrons. The molecule has 0 atom stereocenters. The summed E-state index contributed by atoms with van der Waals surface area (Å²) in [6.45, 7) is 3.25. The zero-order valence-electron chi connectivity index (χ0n) is 14.3. The fourth-order valence-corrected chi connectivity index (χ4v) is 3.47. The molecule has 1 aromatic carbocycles. The summed E-state index contributed by atoms with van der Waals surface area (Å²) in [5, 5.41) is 6.71. The first-order valence-corrected chi connectivity index (χ1v) is 9.22. The number of benzene rings is 1. The van der Waals surface area contributed by atoms with Crippen LogP contribution >= 0.6 is 35.7 Å². The third-order valence-corrected chi connectivity index (χ3v) is 5.65. The molecule has 7 heteroatoms. The average Bonchev–Trinajstić information content (AvgIpc) is 2.59. The van der Waals surface area contributed by atoms with Crippen LogP contribution in [0.15, 0.2) is 29.3 Å². The molecule has 136 valence electrons. The van der Waals surface area contributed by atoms with E-state index in [1.807, 2.05) is 17.8 Å². The highest BCUT2D eigenvalue weighted by Gasteiger charge is 2.31. The standard InChI is InChI=1S/C17H26FN3OS.HI/c1-19-16(20-9-6-14-4-3-5-15(18)12-14)21-13-17(23-2)7-10-22-11-8-17;/h3-5,12H,6-11,13H2,1-2H3,(H2,19,20,21);1H. The Morgan fingerprint density at radius 2 is 2.08 bits per heavy atom. The van der Waals surface area contributed by atoms with Gasteiger partial charge < -0.3 is 15.4 Å². The minimum atomic E-state index is -0.188. The fraction of sp³-hybridized carbons (Fsp3) is 0.588. The van der Waals surface area contributed by atoms with Crippen LogP contribution in [0.4, 0.5) is 4.39 Å². The number of thioether (sulfide) groups is 1. The van der Waals surface area contributed by atoms with Crippen LogP contribution in [0.25, 0.3) is 0 Å². The van der Waals surface area contributed by atoms with E-state index in [4.69, 9.17) is 4.74 Å². The van der Waals surface area contributed by atoms with Gasteiger partial charge in [0.15, 0.2) is 5.96 Å². The van der Waals surface area contributed by atoms with Crippen LogP contribution in [0.3, 0.4) is 0 Å². The minimum absolute atomic E-state index is 0. The normalized spacial score (nSPS) is 17.0. The number of guanidine groups is 1. The molecule has 2 N–H and O–H groups in total. The molecule has 0 bridgehead atoms. The Kier molecular flexibility index (Phi) is 9.99. The van der Waals surface area contributed by atoms with Gasteiger partial charge in [-0.05, 0) is 43.2 Å². The van der Waals surface area contributed by atoms with E-state index in [0.29, 0.717) is 0 Å². The van der Waals surface area contributed by atoms with Crippen LogP contribution in [0.2, 0.25) is 0 Å². The summed E-state index contributed by atoms with van der Waals surface area (Å²) in [7, 11) is 1.77. The number of ether oxygens (including phenoxy) is 1. The Labute approximate surface area is 165 Å². The molecule has 0 amide bonds. The Morgan fingerprint density at radius 1 is 1.33 bits per heavy atom. The van der Waals surface area contributed by atoms with E-state index in [9.17, 15) is 4.39 Å². The molecule has 1 aromatic rings. The van der Waals surface area contributed by atoms with Crippen molar-refractivity contribution in [3.63, 3.8) is 0 Å². The monoisotopic (exact) mass is 467 g/mol. The van der Waals surface area contributed by atoms with Crippen LogP contribution in [0.1, 0.15) is 18.4 Å². The van der Waals surface area contributed by atoms with E-state index in [1.165, 1.54) is 6.07 Å². The Morgan fingerprint density at radius 3 is 2.71 bits per heavy atom. The average molecular weight is 467 g/mol. The Balaban J connectivity index is 0.00000288. The molecule has 4 nitrogen and oxygen atoms in total. The SMILES string of the molecule is CN=C(NCCc1cccc(F)c1)NCC1(SC)CCOCC1.I. The molecule has 1 aliphatic heterocycles. The number of hydrogen-bond acceptors (Lipinski definition) is 3. The van der Waals surface area contributed by atoms with Crippen LogP contribution in [-0.4, -0.2) is 50.3 Å². The first-order chi connectivity index (χ1) is 11.2. The molecule has 0 aliphatic carbocycles. The molecule has 0 saturated carbocycles. The van der Waals surface area contributed by atoms with E-state index in [1.54, 1.807) is 19.2 Å². The van der Waals surface area contributed by atoms with Crippen molar-refractivity contribution in [1.29, 1.82) is 0 Å². The van der Waals surface area contributed by atoms with E-state index in [-0.39, 0.29) is 34.5 Å². The van der Waals surface area contributed by atoms with E-state index >= 15 is 0 Å². The molecule has 0 aromatic heterocycles. The van der Waals surface area contributed by atoms with Gasteiger partial charge >= 0.3 is 0 Å². The molecular formula is C17H27FIN3OS. The summed E-state index contributed by atoms with van der Waals surface area (Å²) < 4.78 is 18.8. The van der Waals surface area contributed by atoms with Crippen molar-refractivity contribution < 1.29 is 9.13 Å². The molecule has 0 unspecified atom stereocenters. The lowest BCUT2D eigenvalue weighted by Gasteiger charge is -2.36. The molecule has 1 saturated heterocycles. The predicted molar refractivity (Wildman–Crippen MR) is 111 cm³/mol. The third kappa shape index (κ3) is 6.76. The first kappa shape index (κ1) is 21.5. The highest BCUT2D eigenvalue weighted by Crippen LogP contribution is 2.32. The van der Waals surface area contributed by atoms with Crippen molar-refractivity contribution in [2.75, 3.05) is 39.6 Å². The number of aliphatic imine (C=N–C) groups is 1. The number of halogens is 2. The predicted octanol–water partition coefficient (Wildman–Crippen LogP) is 3.06. The van der Waals surface area contributed by atoms with Crippen molar-refractivity contribution in [2.45, 2.75) is 24.0 Å². The lowest BCUT2D eigenvalue weighted by molar-refractivity contribution is 0.0783. The quantitative estimate of drug-likeness (QED) is 0.384.